The monoisotopic (exact) mass is 262 g/mol. The maximum atomic E-state index is 12.6. The molecule has 2 aromatic heterocycles. The number of benzene rings is 1. The number of aromatic nitrogens is 2. The van der Waals surface area contributed by atoms with Gasteiger partial charge in [-0.1, -0.05) is 31.2 Å². The molecule has 3 heteroatoms. The molecule has 0 atom stereocenters. The Morgan fingerprint density at radius 3 is 2.80 bits per heavy atom. The van der Waals surface area contributed by atoms with Gasteiger partial charge in [-0.15, -0.1) is 0 Å². The van der Waals surface area contributed by atoms with Gasteiger partial charge in [-0.2, -0.15) is 0 Å². The van der Waals surface area contributed by atoms with E-state index in [-0.39, 0.29) is 5.78 Å². The molecule has 0 amide bonds. The molecule has 0 aliphatic heterocycles. The number of hydrogen-bond acceptors (Lipinski definition) is 3. The van der Waals surface area contributed by atoms with Gasteiger partial charge in [0.1, 0.15) is 5.69 Å². The first-order valence-electron chi connectivity index (χ1n) is 6.63. The lowest BCUT2D eigenvalue weighted by Gasteiger charge is -2.06. The van der Waals surface area contributed by atoms with E-state index in [4.69, 9.17) is 0 Å². The number of carbonyl (C=O) groups is 1. The van der Waals surface area contributed by atoms with Crippen LogP contribution in [0.25, 0.3) is 10.9 Å². The van der Waals surface area contributed by atoms with Gasteiger partial charge in [0.25, 0.3) is 0 Å². The van der Waals surface area contributed by atoms with Gasteiger partial charge >= 0.3 is 0 Å². The summed E-state index contributed by atoms with van der Waals surface area (Å²) >= 11 is 0. The maximum absolute atomic E-state index is 12.6. The Hall–Kier alpha value is -2.55. The fourth-order valence-electron chi connectivity index (χ4n) is 2.26. The third-order valence-corrected chi connectivity index (χ3v) is 3.34. The summed E-state index contributed by atoms with van der Waals surface area (Å²) in [5.74, 6) is -0.0688. The van der Waals surface area contributed by atoms with Crippen molar-refractivity contribution in [2.24, 2.45) is 0 Å². The molecule has 0 unspecified atom stereocenters. The van der Waals surface area contributed by atoms with Crippen LogP contribution in [-0.2, 0) is 6.42 Å². The molecule has 0 saturated heterocycles. The number of fused-ring (bicyclic) bond motifs is 1. The molecular weight excluding hydrogens is 248 g/mol. The first kappa shape index (κ1) is 12.5. The molecule has 3 nitrogen and oxygen atoms in total. The summed E-state index contributed by atoms with van der Waals surface area (Å²) in [5, 5.41) is 0.965. The van der Waals surface area contributed by atoms with Crippen LogP contribution >= 0.6 is 0 Å². The topological polar surface area (TPSA) is 42.9 Å². The van der Waals surface area contributed by atoms with Crippen LogP contribution in [0, 0.1) is 0 Å². The summed E-state index contributed by atoms with van der Waals surface area (Å²) in [4.78, 5) is 21.1. The summed E-state index contributed by atoms with van der Waals surface area (Å²) < 4.78 is 0. The fraction of sp³-hybridized carbons (Fsp3) is 0.118. The Balaban J connectivity index is 2.08. The summed E-state index contributed by atoms with van der Waals surface area (Å²) in [7, 11) is 0. The van der Waals surface area contributed by atoms with Gasteiger partial charge in [0.2, 0.25) is 5.78 Å². The van der Waals surface area contributed by atoms with Crippen LogP contribution in [0.1, 0.15) is 28.5 Å². The number of ketones is 1. The van der Waals surface area contributed by atoms with Crippen molar-refractivity contribution >= 4 is 16.7 Å². The molecule has 0 aliphatic rings. The van der Waals surface area contributed by atoms with Gasteiger partial charge in [-0.05, 0) is 30.2 Å². The van der Waals surface area contributed by atoms with Gasteiger partial charge in [-0.3, -0.25) is 14.8 Å². The predicted octanol–water partition coefficient (Wildman–Crippen LogP) is 3.42. The van der Waals surface area contributed by atoms with E-state index in [0.717, 1.165) is 22.9 Å². The van der Waals surface area contributed by atoms with Gasteiger partial charge in [0.05, 0.1) is 5.52 Å². The van der Waals surface area contributed by atoms with E-state index in [2.05, 4.69) is 9.97 Å². The second-order valence-electron chi connectivity index (χ2n) is 4.61. The maximum Gasteiger partial charge on any atom is 0.213 e. The molecule has 1 aromatic carbocycles. The van der Waals surface area contributed by atoms with Gasteiger partial charge in [0, 0.05) is 23.3 Å². The van der Waals surface area contributed by atoms with Gasteiger partial charge in [0.15, 0.2) is 0 Å². The van der Waals surface area contributed by atoms with Crippen molar-refractivity contribution in [2.45, 2.75) is 13.3 Å². The van der Waals surface area contributed by atoms with Crippen LogP contribution in [-0.4, -0.2) is 15.8 Å². The lowest BCUT2D eigenvalue weighted by atomic mass is 10.0. The number of pyridine rings is 2. The van der Waals surface area contributed by atoms with Gasteiger partial charge < -0.3 is 0 Å². The number of carbonyl (C=O) groups excluding carboxylic acids is 1. The quantitative estimate of drug-likeness (QED) is 0.679. The summed E-state index contributed by atoms with van der Waals surface area (Å²) in [6, 6.07) is 13.4. The number of para-hydroxylation sites is 1. The zero-order valence-electron chi connectivity index (χ0n) is 11.2. The van der Waals surface area contributed by atoms with Crippen LogP contribution in [0.5, 0.6) is 0 Å². The van der Waals surface area contributed by atoms with Crippen molar-refractivity contribution in [3.63, 3.8) is 0 Å². The number of nitrogens with zero attached hydrogens (tertiary/aromatic N) is 2. The normalized spacial score (nSPS) is 10.7. The molecule has 2 heterocycles. The third-order valence-electron chi connectivity index (χ3n) is 3.34. The largest absolute Gasteiger partial charge is 0.287 e. The second kappa shape index (κ2) is 5.21. The van der Waals surface area contributed by atoms with Crippen LogP contribution < -0.4 is 0 Å². The zero-order valence-corrected chi connectivity index (χ0v) is 11.2. The Bertz CT molecular complexity index is 781. The molecule has 0 fully saturated rings. The fourth-order valence-corrected chi connectivity index (χ4v) is 2.26. The minimum absolute atomic E-state index is 0.0688. The Morgan fingerprint density at radius 2 is 1.95 bits per heavy atom. The van der Waals surface area contributed by atoms with Crippen molar-refractivity contribution < 1.29 is 4.79 Å². The third kappa shape index (κ3) is 2.18. The van der Waals surface area contributed by atoms with Crippen molar-refractivity contribution in [1.82, 2.24) is 9.97 Å². The first-order chi connectivity index (χ1) is 9.79. The second-order valence-corrected chi connectivity index (χ2v) is 4.61. The van der Waals surface area contributed by atoms with E-state index in [9.17, 15) is 4.79 Å². The van der Waals surface area contributed by atoms with Crippen molar-refractivity contribution in [1.29, 1.82) is 0 Å². The smallest absolute Gasteiger partial charge is 0.213 e. The molecule has 20 heavy (non-hydrogen) atoms. The number of hydrogen-bond donors (Lipinski definition) is 0. The van der Waals surface area contributed by atoms with Crippen molar-refractivity contribution in [3.8, 4) is 0 Å². The average molecular weight is 262 g/mol. The molecule has 98 valence electrons. The molecule has 0 N–H and O–H groups in total. The summed E-state index contributed by atoms with van der Waals surface area (Å²) in [6.45, 7) is 2.02. The van der Waals surface area contributed by atoms with E-state index < -0.39 is 0 Å². The first-order valence-corrected chi connectivity index (χ1v) is 6.63. The summed E-state index contributed by atoms with van der Waals surface area (Å²) in [6.07, 6.45) is 4.07. The minimum Gasteiger partial charge on any atom is -0.287 e. The molecule has 0 bridgehead atoms. The Kier molecular flexibility index (Phi) is 3.25. The van der Waals surface area contributed by atoms with Gasteiger partial charge in [-0.25, -0.2) is 0 Å². The zero-order chi connectivity index (χ0) is 13.9. The SMILES string of the molecule is CCc1cccnc1C(=O)c1cnc2ccccc2c1. The highest BCUT2D eigenvalue weighted by atomic mass is 16.1. The highest BCUT2D eigenvalue weighted by Crippen LogP contribution is 2.17. The van der Waals surface area contributed by atoms with Crippen LogP contribution in [0.4, 0.5) is 0 Å². The lowest BCUT2D eigenvalue weighted by Crippen LogP contribution is -2.08. The Morgan fingerprint density at radius 1 is 1.10 bits per heavy atom. The standard InChI is InChI=1S/C17H14N2O/c1-2-12-7-5-9-18-16(12)17(20)14-10-13-6-3-4-8-15(13)19-11-14/h3-11H,2H2,1H3. The van der Waals surface area contributed by atoms with Crippen molar-refractivity contribution in [2.75, 3.05) is 0 Å². The Labute approximate surface area is 117 Å². The number of rotatable bonds is 3. The molecule has 0 saturated carbocycles. The molecule has 0 spiro atoms. The molecule has 0 radical (unpaired) electrons. The molecular formula is C17H14N2O. The van der Waals surface area contributed by atoms with E-state index in [1.807, 2.05) is 49.4 Å². The van der Waals surface area contributed by atoms with Crippen LogP contribution in [0.3, 0.4) is 0 Å². The lowest BCUT2D eigenvalue weighted by molar-refractivity contribution is 0.103. The van der Waals surface area contributed by atoms with E-state index >= 15 is 0 Å². The molecule has 0 aliphatic carbocycles. The van der Waals surface area contributed by atoms with Crippen LogP contribution in [0.2, 0.25) is 0 Å². The van der Waals surface area contributed by atoms with Crippen molar-refractivity contribution in [3.05, 3.63) is 71.7 Å². The summed E-state index contributed by atoms with van der Waals surface area (Å²) in [5.41, 5.74) is 2.95. The van der Waals surface area contributed by atoms with E-state index in [1.165, 1.54) is 0 Å². The molecule has 3 rings (SSSR count). The highest BCUT2D eigenvalue weighted by Gasteiger charge is 2.14. The molecule has 3 aromatic rings. The van der Waals surface area contributed by atoms with Crippen LogP contribution in [0.15, 0.2) is 54.9 Å². The number of aryl methyl sites for hydroxylation is 1. The average Bonchev–Trinajstić information content (AvgIpc) is 2.53. The van der Waals surface area contributed by atoms with E-state index in [1.54, 1.807) is 12.4 Å². The minimum atomic E-state index is -0.0688. The van der Waals surface area contributed by atoms with E-state index in [0.29, 0.717) is 11.3 Å². The predicted molar refractivity (Wildman–Crippen MR) is 78.8 cm³/mol. The highest BCUT2D eigenvalue weighted by molar-refractivity contribution is 6.09.